The molecular formula is C36H32N2O5. The van der Waals surface area contributed by atoms with Crippen molar-refractivity contribution in [3.05, 3.63) is 113 Å². The fraction of sp³-hybridized carbons (Fsp3) is 0.278. The topological polar surface area (TPSA) is 92.8 Å². The van der Waals surface area contributed by atoms with Gasteiger partial charge in [0, 0.05) is 22.9 Å². The van der Waals surface area contributed by atoms with E-state index in [0.29, 0.717) is 5.69 Å². The van der Waals surface area contributed by atoms with Crippen LogP contribution in [0.15, 0.2) is 91.0 Å². The average molecular weight is 573 g/mol. The third-order valence-electron chi connectivity index (χ3n) is 9.17. The van der Waals surface area contributed by atoms with Gasteiger partial charge in [-0.1, -0.05) is 98.8 Å². The average Bonchev–Trinajstić information content (AvgIpc) is 3.28. The molecule has 1 heterocycles. The van der Waals surface area contributed by atoms with Crippen molar-refractivity contribution in [3.8, 4) is 0 Å². The smallest absolute Gasteiger partial charge is 0.329 e. The Bertz CT molecular complexity index is 1670. The van der Waals surface area contributed by atoms with Gasteiger partial charge >= 0.3 is 5.97 Å². The van der Waals surface area contributed by atoms with Crippen LogP contribution in [0.3, 0.4) is 0 Å². The molecule has 4 aromatic carbocycles. The van der Waals surface area contributed by atoms with Crippen molar-refractivity contribution in [3.63, 3.8) is 0 Å². The molecule has 216 valence electrons. The Morgan fingerprint density at radius 1 is 0.744 bits per heavy atom. The van der Waals surface area contributed by atoms with Gasteiger partial charge in [0.15, 0.2) is 6.61 Å². The molecule has 3 atom stereocenters. The molecule has 7 nitrogen and oxygen atoms in total. The van der Waals surface area contributed by atoms with Gasteiger partial charge in [-0.05, 0) is 46.0 Å². The molecule has 0 aromatic heterocycles. The van der Waals surface area contributed by atoms with Crippen LogP contribution in [0.25, 0.3) is 10.8 Å². The van der Waals surface area contributed by atoms with E-state index in [-0.39, 0.29) is 36.0 Å². The summed E-state index contributed by atoms with van der Waals surface area (Å²) in [4.78, 5) is 56.1. The number of fused-ring (bicyclic) bond motifs is 1. The zero-order valence-electron chi connectivity index (χ0n) is 24.0. The van der Waals surface area contributed by atoms with Gasteiger partial charge < -0.3 is 10.1 Å². The number of hydrogen-bond donors (Lipinski definition) is 1. The number of ether oxygens (including phenoxy) is 1. The number of carbonyl (C=O) groups excluding carboxylic acids is 4. The van der Waals surface area contributed by atoms with Gasteiger partial charge in [-0.25, -0.2) is 4.79 Å². The van der Waals surface area contributed by atoms with Gasteiger partial charge in [-0.15, -0.1) is 0 Å². The quantitative estimate of drug-likeness (QED) is 0.229. The molecule has 3 aliphatic carbocycles. The van der Waals surface area contributed by atoms with Gasteiger partial charge in [0.25, 0.3) is 5.91 Å². The number of benzene rings is 4. The molecule has 2 bridgehead atoms. The number of nitrogens with one attached hydrogen (secondary N) is 1. The summed E-state index contributed by atoms with van der Waals surface area (Å²) in [6.07, 6.45) is 0.246. The van der Waals surface area contributed by atoms with Gasteiger partial charge in [-0.3, -0.25) is 19.3 Å². The molecule has 1 N–H and O–H groups in total. The molecule has 8 rings (SSSR count). The summed E-state index contributed by atoms with van der Waals surface area (Å²) in [6, 6.07) is 28.2. The summed E-state index contributed by atoms with van der Waals surface area (Å²) in [6.45, 7) is 3.34. The fourth-order valence-electron chi connectivity index (χ4n) is 7.51. The van der Waals surface area contributed by atoms with Crippen LogP contribution in [-0.4, -0.2) is 41.2 Å². The standard InChI is InChI=1S/C36H32N2O5/c1-20(2)18-28(36(42)43-19-29(39)37-27-17-9-11-21-10-3-4-12-22(21)27)38-34(40)32-30-23-13-5-6-14-24(23)31(33(32)35(38)41)26-16-8-7-15-25(26)30/h3-17,20,28,30-33H,18-19H2,1-2H3,(H,37,39)/t28-,30?,31?,32-,33+/m0/s1. The van der Waals surface area contributed by atoms with E-state index in [1.807, 2.05) is 98.8 Å². The fourth-order valence-corrected chi connectivity index (χ4v) is 7.51. The number of anilines is 1. The second-order valence-electron chi connectivity index (χ2n) is 12.1. The van der Waals surface area contributed by atoms with E-state index in [1.54, 1.807) is 6.07 Å². The zero-order chi connectivity index (χ0) is 29.8. The Kier molecular flexibility index (Phi) is 6.61. The summed E-state index contributed by atoms with van der Waals surface area (Å²) in [7, 11) is 0. The molecule has 7 heteroatoms. The maximum Gasteiger partial charge on any atom is 0.329 e. The van der Waals surface area contributed by atoms with Crippen molar-refractivity contribution in [2.75, 3.05) is 11.9 Å². The predicted octanol–water partition coefficient (Wildman–Crippen LogP) is 5.63. The number of nitrogens with zero attached hydrogens (tertiary/aromatic N) is 1. The van der Waals surface area contributed by atoms with Gasteiger partial charge in [-0.2, -0.15) is 0 Å². The van der Waals surface area contributed by atoms with E-state index in [2.05, 4.69) is 5.32 Å². The van der Waals surface area contributed by atoms with Crippen molar-refractivity contribution < 1.29 is 23.9 Å². The van der Waals surface area contributed by atoms with Crippen LogP contribution in [0, 0.1) is 17.8 Å². The molecule has 0 unspecified atom stereocenters. The Balaban J connectivity index is 1.15. The van der Waals surface area contributed by atoms with Crippen LogP contribution in [-0.2, 0) is 23.9 Å². The van der Waals surface area contributed by atoms with Crippen LogP contribution in [0.5, 0.6) is 0 Å². The van der Waals surface area contributed by atoms with Crippen molar-refractivity contribution >= 4 is 40.2 Å². The van der Waals surface area contributed by atoms with Crippen molar-refractivity contribution in [1.82, 2.24) is 4.90 Å². The Morgan fingerprint density at radius 2 is 1.26 bits per heavy atom. The van der Waals surface area contributed by atoms with E-state index < -0.39 is 36.4 Å². The summed E-state index contributed by atoms with van der Waals surface area (Å²) < 4.78 is 5.51. The van der Waals surface area contributed by atoms with Crippen LogP contribution in [0.1, 0.15) is 54.4 Å². The van der Waals surface area contributed by atoms with Crippen molar-refractivity contribution in [2.45, 2.75) is 38.1 Å². The number of carbonyl (C=O) groups is 4. The number of likely N-dealkylation sites (tertiary alicyclic amines) is 1. The number of imide groups is 1. The predicted molar refractivity (Wildman–Crippen MR) is 162 cm³/mol. The van der Waals surface area contributed by atoms with Crippen LogP contribution >= 0.6 is 0 Å². The largest absolute Gasteiger partial charge is 0.454 e. The van der Waals surface area contributed by atoms with Gasteiger partial charge in [0.05, 0.1) is 11.8 Å². The van der Waals surface area contributed by atoms with Crippen molar-refractivity contribution in [1.29, 1.82) is 0 Å². The summed E-state index contributed by atoms with van der Waals surface area (Å²) >= 11 is 0. The molecule has 43 heavy (non-hydrogen) atoms. The lowest BCUT2D eigenvalue weighted by Gasteiger charge is -2.45. The summed E-state index contributed by atoms with van der Waals surface area (Å²) in [5.41, 5.74) is 4.90. The third kappa shape index (κ3) is 4.33. The Labute approximate surface area is 249 Å². The first-order valence-corrected chi connectivity index (χ1v) is 14.8. The van der Waals surface area contributed by atoms with Crippen molar-refractivity contribution in [2.24, 2.45) is 17.8 Å². The van der Waals surface area contributed by atoms with E-state index in [9.17, 15) is 19.2 Å². The van der Waals surface area contributed by atoms with Crippen LogP contribution < -0.4 is 5.32 Å². The van der Waals surface area contributed by atoms with E-state index in [0.717, 1.165) is 37.9 Å². The highest BCUT2D eigenvalue weighted by atomic mass is 16.5. The second kappa shape index (κ2) is 10.5. The summed E-state index contributed by atoms with van der Waals surface area (Å²) in [5.74, 6) is -3.60. The minimum absolute atomic E-state index is 0.00333. The molecule has 0 spiro atoms. The molecule has 4 aliphatic rings. The van der Waals surface area contributed by atoms with Crippen LogP contribution in [0.2, 0.25) is 0 Å². The highest BCUT2D eigenvalue weighted by Gasteiger charge is 2.63. The monoisotopic (exact) mass is 572 g/mol. The molecule has 1 fully saturated rings. The Hall–Kier alpha value is -4.78. The molecule has 1 aliphatic heterocycles. The molecule has 4 aromatic rings. The minimum atomic E-state index is -1.11. The van der Waals surface area contributed by atoms with Gasteiger partial charge in [0.1, 0.15) is 6.04 Å². The number of rotatable bonds is 7. The molecular weight excluding hydrogens is 540 g/mol. The SMILES string of the molecule is CC(C)C[C@@H](C(=O)OCC(=O)Nc1cccc2ccccc12)N1C(=O)[C@@H]2C3c4ccccc4C(c4ccccc43)[C@@H]2C1=O. The van der Waals surface area contributed by atoms with E-state index >= 15 is 0 Å². The lowest BCUT2D eigenvalue weighted by atomic mass is 9.55. The highest BCUT2D eigenvalue weighted by Crippen LogP contribution is 2.61. The maximum absolute atomic E-state index is 14.2. The second-order valence-corrected chi connectivity index (χ2v) is 12.1. The molecule has 0 saturated carbocycles. The van der Waals surface area contributed by atoms with Gasteiger partial charge in [0.2, 0.25) is 11.8 Å². The maximum atomic E-state index is 14.2. The number of esters is 1. The third-order valence-corrected chi connectivity index (χ3v) is 9.17. The van der Waals surface area contributed by atoms with E-state index in [4.69, 9.17) is 4.74 Å². The van der Waals surface area contributed by atoms with E-state index in [1.165, 1.54) is 0 Å². The minimum Gasteiger partial charge on any atom is -0.454 e. The van der Waals surface area contributed by atoms with Crippen LogP contribution in [0.4, 0.5) is 5.69 Å². The Morgan fingerprint density at radius 3 is 1.81 bits per heavy atom. The molecule has 1 saturated heterocycles. The lowest BCUT2D eigenvalue weighted by Crippen LogP contribution is -2.47. The number of hydrogen-bond acceptors (Lipinski definition) is 5. The zero-order valence-corrected chi connectivity index (χ0v) is 24.0. The normalized spacial score (nSPS) is 22.3. The highest BCUT2D eigenvalue weighted by molar-refractivity contribution is 6.10. The first kappa shape index (κ1) is 27.1. The first-order valence-electron chi connectivity index (χ1n) is 14.8. The summed E-state index contributed by atoms with van der Waals surface area (Å²) in [5, 5.41) is 4.67. The number of amides is 3. The lowest BCUT2D eigenvalue weighted by molar-refractivity contribution is -0.160. The molecule has 3 amide bonds. The molecule has 0 radical (unpaired) electrons. The first-order chi connectivity index (χ1) is 20.8.